The van der Waals surface area contributed by atoms with Gasteiger partial charge in [-0.3, -0.25) is 97.1 Å². The highest BCUT2D eigenvalue weighted by atomic mass is 32.2. The number of primary amides is 2. The molecule has 143 heavy (non-hydrogen) atoms. The molecule has 2 aromatic heterocycles. The molecular formula is C96H128N24O21S2. The van der Waals surface area contributed by atoms with Crippen LogP contribution in [0.15, 0.2) is 139 Å². The second-order valence-electron chi connectivity index (χ2n) is 35.7. The first-order chi connectivity index (χ1) is 67.9. The number of aromatic nitrogens is 1. The number of likely N-dealkylation sites (N-methyl/N-ethyl adjacent to an activating group) is 1. The van der Waals surface area contributed by atoms with Crippen molar-refractivity contribution in [3.05, 3.63) is 161 Å². The number of phenolic OH excluding ortho intramolecular Hbond substituents is 1. The van der Waals surface area contributed by atoms with Crippen LogP contribution in [-0.2, 0) is 112 Å². The van der Waals surface area contributed by atoms with Gasteiger partial charge in [0.1, 0.15) is 90.3 Å². The number of aliphatic hydroxyl groups excluding tert-OH is 1. The van der Waals surface area contributed by atoms with Gasteiger partial charge in [-0.05, 0) is 125 Å². The summed E-state index contributed by atoms with van der Waals surface area (Å²) in [6.45, 7) is 8.87. The average molecular weight is 2020 g/mol. The smallest absolute Gasteiger partial charge is 0.305 e. The summed E-state index contributed by atoms with van der Waals surface area (Å²) < 4.78 is 0.794. The van der Waals surface area contributed by atoms with Crippen LogP contribution in [0.4, 0.5) is 0 Å². The highest BCUT2D eigenvalue weighted by Crippen LogP contribution is 2.29. The van der Waals surface area contributed by atoms with Crippen LogP contribution in [0.5, 0.6) is 5.75 Å². The van der Waals surface area contributed by atoms with E-state index in [9.17, 15) is 63.3 Å². The number of para-hydroxylation sites is 1. The summed E-state index contributed by atoms with van der Waals surface area (Å²) in [4.78, 5) is 266. The fourth-order valence-electron chi connectivity index (χ4n) is 15.5. The van der Waals surface area contributed by atoms with E-state index in [2.05, 4.69) is 90.1 Å². The number of fused-ring (bicyclic) bond motifs is 2. The van der Waals surface area contributed by atoms with E-state index in [4.69, 9.17) is 33.8 Å². The van der Waals surface area contributed by atoms with Crippen molar-refractivity contribution in [2.24, 2.45) is 40.7 Å². The van der Waals surface area contributed by atoms with Gasteiger partial charge in [0.25, 0.3) is 0 Å². The van der Waals surface area contributed by atoms with Gasteiger partial charge in [-0.2, -0.15) is 0 Å². The molecule has 1 saturated heterocycles. The van der Waals surface area contributed by atoms with Gasteiger partial charge < -0.3 is 133 Å². The monoisotopic (exact) mass is 2020 g/mol. The van der Waals surface area contributed by atoms with Gasteiger partial charge in [0.05, 0.1) is 31.7 Å². The normalized spacial score (nSPS) is 22.4. The van der Waals surface area contributed by atoms with Crippen LogP contribution in [0.3, 0.4) is 0 Å². The van der Waals surface area contributed by atoms with Crippen molar-refractivity contribution < 1.29 is 102 Å². The van der Waals surface area contributed by atoms with Crippen LogP contribution in [0.1, 0.15) is 116 Å². The van der Waals surface area contributed by atoms with E-state index in [0.717, 1.165) is 20.7 Å². The highest BCUT2D eigenvalue weighted by molar-refractivity contribution is 8.00. The molecule has 0 radical (unpaired) electrons. The van der Waals surface area contributed by atoms with Crippen molar-refractivity contribution in [3.8, 4) is 16.9 Å². The fraction of sp³-hybridized carbons (Fsp3) is 0.438. The number of guanidine groups is 2. The maximum Gasteiger partial charge on any atom is 0.305 e. The quantitative estimate of drug-likeness (QED) is 0.0134. The largest absolute Gasteiger partial charge is 0.508 e. The molecule has 47 heteroatoms. The Balaban J connectivity index is 1.23. The molecule has 0 unspecified atom stereocenters. The summed E-state index contributed by atoms with van der Waals surface area (Å²) >= 11 is 1.93. The number of H-pyrrole nitrogens is 1. The first-order valence-electron chi connectivity index (χ1n) is 46.4. The Morgan fingerprint density at radius 3 is 1.45 bits per heavy atom. The Hall–Kier alpha value is -15.3. The summed E-state index contributed by atoms with van der Waals surface area (Å²) in [6, 6.07) is 11.3. The molecule has 30 N–H and O–H groups in total. The Morgan fingerprint density at radius 1 is 0.462 bits per heavy atom. The standard InChI is InChI=1S/C96H128N24O21S2/c1-49(2)36-65-89(136)118-80(51(5)6)93(140)116-72(45-121)91(138)117-73(82(129)106-44-76(98)124)47-142-48-77(125)107-70(41-75(97)123)87(134)112-66(38-54-28-32-59(122)33-29-54)85(132)114-71(42-78(126)127)88(135)113-68(39-57-43-105-62-22-14-12-20-60(57)62)90(137)119-79(50(3)4)92(139)115-67(37-53-26-30-56(31-27-53)55-18-10-9-11-19-55)84(131)109-64(24-17-35-104-96(101)102)94(141)120(8)52(7)81(128)110-69(40-58-46-143-74-25-15-13-21-61(58)74)86(133)108-63(83(130)111-65)23-16-34-103-95(99)100/h9-15,18-22,25-33,43,46,49-52,63-73,79-80,105,121-122H,16-17,23-24,34-42,44-45,47-48H2,1-8H3,(H2,97,123)(H2,98,124)(H,106,129)(H,107,125)(H,108,133)(H,109,131)(H,110,128)(H,111,130)(H,112,134)(H,113,135)(H,114,132)(H,115,139)(H,116,140)(H,117,138)(H,118,136)(H,119,137)(H,126,127)(H4,99,100,103)(H4,101,102,104)/t52-,63-,64-,65-,66-,67-,68-,69-,70-,71-,72-,73-,79-,80-/m0/s1. The summed E-state index contributed by atoms with van der Waals surface area (Å²) in [5.41, 5.74) is 26.1. The highest BCUT2D eigenvalue weighted by Gasteiger charge is 2.41. The van der Waals surface area contributed by atoms with Gasteiger partial charge in [0, 0.05) is 73.4 Å². The molecule has 770 valence electrons. The number of nitrogens with two attached hydrogens (primary N) is 4. The van der Waals surface area contributed by atoms with Crippen molar-refractivity contribution in [1.82, 2.24) is 95.0 Å². The molecular weight excluding hydrogens is 1890 g/mol. The molecule has 17 amide bonds. The summed E-state index contributed by atoms with van der Waals surface area (Å²) in [5.74, 6) is -24.6. The predicted molar refractivity (Wildman–Crippen MR) is 532 cm³/mol. The molecule has 0 spiro atoms. The maximum absolute atomic E-state index is 15.6. The second-order valence-corrected chi connectivity index (χ2v) is 37.7. The zero-order chi connectivity index (χ0) is 105. The number of hydrogen-bond acceptors (Lipinski definition) is 24. The lowest BCUT2D eigenvalue weighted by Gasteiger charge is -2.32. The van der Waals surface area contributed by atoms with Crippen molar-refractivity contribution >= 4 is 162 Å². The molecule has 1 aliphatic heterocycles. The molecule has 14 atom stereocenters. The molecule has 1 fully saturated rings. The molecule has 3 heterocycles. The molecule has 5 aromatic carbocycles. The molecule has 45 nitrogen and oxygen atoms in total. The Labute approximate surface area is 832 Å². The number of aliphatic hydroxyl groups is 1. The maximum atomic E-state index is 15.6. The number of benzene rings is 5. The lowest BCUT2D eigenvalue weighted by Crippen LogP contribution is -2.62. The summed E-state index contributed by atoms with van der Waals surface area (Å²) in [6.07, 6.45) is -2.66. The van der Waals surface area contributed by atoms with Crippen molar-refractivity contribution in [2.75, 3.05) is 44.8 Å². The molecule has 0 bridgehead atoms. The van der Waals surface area contributed by atoms with E-state index in [1.807, 2.05) is 36.4 Å². The fourth-order valence-corrected chi connectivity index (χ4v) is 17.3. The van der Waals surface area contributed by atoms with E-state index in [1.54, 1.807) is 99.8 Å². The number of nitrogens with zero attached hydrogens (tertiary/aromatic N) is 1. The zero-order valence-electron chi connectivity index (χ0n) is 80.4. The second kappa shape index (κ2) is 55.1. The van der Waals surface area contributed by atoms with Gasteiger partial charge in [0.15, 0.2) is 11.9 Å². The number of thioether (sulfide) groups is 1. The number of amides is 17. The van der Waals surface area contributed by atoms with Crippen molar-refractivity contribution in [2.45, 2.75) is 204 Å². The lowest BCUT2D eigenvalue weighted by molar-refractivity contribution is -0.142. The molecule has 7 aromatic rings. The number of aromatic hydroxyl groups is 1. The minimum absolute atomic E-state index is 0.0154. The molecule has 8 rings (SSSR count). The van der Waals surface area contributed by atoms with Crippen molar-refractivity contribution in [1.29, 1.82) is 10.8 Å². The number of carbonyl (C=O) groups is 18. The third-order valence-electron chi connectivity index (χ3n) is 23.3. The lowest BCUT2D eigenvalue weighted by atomic mass is 9.98. The third kappa shape index (κ3) is 35.5. The van der Waals surface area contributed by atoms with Crippen LogP contribution in [0.25, 0.3) is 32.1 Å². The SMILES string of the molecule is CC(C)C[C@@H]1NC(=O)[C@H](CCCNC(=N)N)NC(=O)[C@H](Cc2csc3ccccc23)NC(=O)[C@H](C)N(C)C(=O)[C@H](CCCNC(=N)N)NC(=O)[C@H](Cc2ccc(-c3ccccc3)cc2)NC(=O)[C@H](C(C)C)NC(=O)[C@H](Cc2c[nH]c3ccccc23)NC(=O)[C@H](CC(=O)O)NC(=O)[C@H](Cc2ccc(O)cc2)NC(=O)[C@H](CC(N)=O)NC(=O)CSC[C@@H](C(=O)NCC(N)=O)NC(=O)[C@H](CO)NC(=O)[C@H](C(C)C)NC1=O. The molecule has 0 aliphatic carbocycles. The zero-order valence-corrected chi connectivity index (χ0v) is 82.0. The number of aromatic amines is 1. The predicted octanol–water partition coefficient (Wildman–Crippen LogP) is -2.25. The van der Waals surface area contributed by atoms with E-state index >= 15 is 38.4 Å². The number of nitrogens with one attached hydrogen (secondary N) is 19. The van der Waals surface area contributed by atoms with Gasteiger partial charge in [-0.25, -0.2) is 0 Å². The molecule has 1 aliphatic rings. The van der Waals surface area contributed by atoms with Crippen LogP contribution in [-0.4, -0.2) is 273 Å². The first-order valence-corrected chi connectivity index (χ1v) is 48.4. The number of hydrogen-bond donors (Lipinski definition) is 26. The topological polar surface area (TPSA) is 731 Å². The van der Waals surface area contributed by atoms with E-state index in [0.29, 0.717) is 44.7 Å². The summed E-state index contributed by atoms with van der Waals surface area (Å²) in [7, 11) is 1.26. The van der Waals surface area contributed by atoms with Crippen LogP contribution in [0, 0.1) is 28.6 Å². The average Bonchev–Trinajstić information content (AvgIpc) is 1.70. The minimum Gasteiger partial charge on any atom is -0.508 e. The van der Waals surface area contributed by atoms with Crippen LogP contribution in [0.2, 0.25) is 0 Å². The van der Waals surface area contributed by atoms with Crippen molar-refractivity contribution in [3.63, 3.8) is 0 Å². The Kier molecular flexibility index (Phi) is 43.5. The summed E-state index contributed by atoms with van der Waals surface area (Å²) in [5, 5.41) is 91.3. The number of carboxylic acids is 1. The minimum atomic E-state index is -2.14. The Bertz CT molecular complexity index is 5710. The number of aliphatic carboxylic acids is 1. The third-order valence-corrected chi connectivity index (χ3v) is 25.4. The van der Waals surface area contributed by atoms with Crippen LogP contribution >= 0.6 is 23.1 Å². The first kappa shape index (κ1) is 113. The van der Waals surface area contributed by atoms with Gasteiger partial charge in [-0.15, -0.1) is 23.1 Å². The Morgan fingerprint density at radius 2 is 0.902 bits per heavy atom. The number of carboxylic acid groups (broad SMARTS) is 1. The number of carbonyl (C=O) groups excluding carboxylic acids is 17. The number of thiophene rings is 1. The molecule has 0 saturated carbocycles. The van der Waals surface area contributed by atoms with E-state index < -0.39 is 265 Å². The van der Waals surface area contributed by atoms with E-state index in [-0.39, 0.29) is 75.3 Å². The van der Waals surface area contributed by atoms with E-state index in [1.165, 1.54) is 69.6 Å². The van der Waals surface area contributed by atoms with Gasteiger partial charge in [0.2, 0.25) is 100 Å². The number of rotatable bonds is 29. The van der Waals surface area contributed by atoms with Gasteiger partial charge in [-0.1, -0.05) is 145 Å². The number of phenols is 1. The van der Waals surface area contributed by atoms with Crippen LogP contribution < -0.4 is 108 Å². The van der Waals surface area contributed by atoms with Gasteiger partial charge >= 0.3 is 5.97 Å².